The van der Waals surface area contributed by atoms with Gasteiger partial charge in [0.1, 0.15) is 12.4 Å². The van der Waals surface area contributed by atoms with Crippen LogP contribution in [0.3, 0.4) is 0 Å². The van der Waals surface area contributed by atoms with Crippen LogP contribution in [-0.2, 0) is 11.2 Å². The molecule has 2 aromatic carbocycles. The van der Waals surface area contributed by atoms with Crippen LogP contribution in [0.25, 0.3) is 11.1 Å². The van der Waals surface area contributed by atoms with Crippen molar-refractivity contribution in [3.8, 4) is 16.9 Å². The molecule has 0 bridgehead atoms. The summed E-state index contributed by atoms with van der Waals surface area (Å²) in [5, 5.41) is 0.752. The zero-order chi connectivity index (χ0) is 23.4. The fraction of sp³-hybridized carbons (Fsp3) is 0.536. The molecule has 0 spiro atoms. The summed E-state index contributed by atoms with van der Waals surface area (Å²) in [4.78, 5) is 17.3. The number of carbonyl (C=O) groups excluding carboxylic acids is 1. The van der Waals surface area contributed by atoms with Crippen LogP contribution in [0.4, 0.5) is 0 Å². The first-order valence-electron chi connectivity index (χ1n) is 12.4. The molecule has 2 aliphatic rings. The highest BCUT2D eigenvalue weighted by atomic mass is 35.5. The van der Waals surface area contributed by atoms with Crippen molar-refractivity contribution in [2.24, 2.45) is 5.92 Å². The normalized spacial score (nSPS) is 19.5. The molecule has 4 rings (SSSR count). The van der Waals surface area contributed by atoms with Gasteiger partial charge in [-0.2, -0.15) is 0 Å². The number of amides is 1. The molecular formula is C28H37ClN2O2. The lowest BCUT2D eigenvalue weighted by atomic mass is 9.93. The van der Waals surface area contributed by atoms with Crippen molar-refractivity contribution < 1.29 is 9.53 Å². The summed E-state index contributed by atoms with van der Waals surface area (Å²) in [5.41, 5.74) is 4.49. The molecule has 33 heavy (non-hydrogen) atoms. The highest BCUT2D eigenvalue weighted by Gasteiger charge is 2.36. The molecule has 1 heterocycles. The molecule has 1 saturated heterocycles. The first-order valence-corrected chi connectivity index (χ1v) is 12.8. The SMILES string of the molecule is Cc1cc(OCCN(C)C)ccc1-c1ccc(CC2CCN(C3CCCCC3)C2=O)c(Cl)c1. The van der Waals surface area contributed by atoms with Gasteiger partial charge in [0.2, 0.25) is 5.91 Å². The van der Waals surface area contributed by atoms with E-state index in [0.717, 1.165) is 59.0 Å². The average Bonchev–Trinajstić information content (AvgIpc) is 3.16. The predicted molar refractivity (Wildman–Crippen MR) is 136 cm³/mol. The van der Waals surface area contributed by atoms with Crippen molar-refractivity contribution in [2.75, 3.05) is 33.8 Å². The highest BCUT2D eigenvalue weighted by molar-refractivity contribution is 6.31. The van der Waals surface area contributed by atoms with E-state index in [1.165, 1.54) is 32.1 Å². The predicted octanol–water partition coefficient (Wildman–Crippen LogP) is 5.98. The lowest BCUT2D eigenvalue weighted by Crippen LogP contribution is -2.39. The van der Waals surface area contributed by atoms with Gasteiger partial charge in [-0.05, 0) is 87.2 Å². The number of likely N-dealkylation sites (N-methyl/N-ethyl adjacent to an activating group) is 1. The largest absolute Gasteiger partial charge is 0.492 e. The average molecular weight is 469 g/mol. The number of ether oxygens (including phenoxy) is 1. The zero-order valence-electron chi connectivity index (χ0n) is 20.3. The second kappa shape index (κ2) is 10.9. The van der Waals surface area contributed by atoms with E-state index in [-0.39, 0.29) is 5.92 Å². The molecule has 0 radical (unpaired) electrons. The molecule has 1 aliphatic heterocycles. The molecule has 5 heteroatoms. The molecule has 1 atom stereocenters. The van der Waals surface area contributed by atoms with Gasteiger partial charge in [-0.1, -0.05) is 49.1 Å². The fourth-order valence-corrected chi connectivity index (χ4v) is 5.51. The van der Waals surface area contributed by atoms with Crippen LogP contribution in [0.15, 0.2) is 36.4 Å². The smallest absolute Gasteiger partial charge is 0.226 e. The number of benzene rings is 2. The number of carbonyl (C=O) groups is 1. The molecule has 4 nitrogen and oxygen atoms in total. The summed E-state index contributed by atoms with van der Waals surface area (Å²) in [6.07, 6.45) is 7.86. The Morgan fingerprint density at radius 3 is 2.55 bits per heavy atom. The van der Waals surface area contributed by atoms with Gasteiger partial charge in [-0.15, -0.1) is 0 Å². The summed E-state index contributed by atoms with van der Waals surface area (Å²) in [6, 6.07) is 13.0. The topological polar surface area (TPSA) is 32.8 Å². The number of aryl methyl sites for hydroxylation is 1. The van der Waals surface area contributed by atoms with Gasteiger partial charge in [0.05, 0.1) is 0 Å². The van der Waals surface area contributed by atoms with Gasteiger partial charge in [-0.3, -0.25) is 4.79 Å². The van der Waals surface area contributed by atoms with Gasteiger partial charge < -0.3 is 14.5 Å². The lowest BCUT2D eigenvalue weighted by Gasteiger charge is -2.31. The van der Waals surface area contributed by atoms with Crippen LogP contribution in [0, 0.1) is 12.8 Å². The molecular weight excluding hydrogens is 432 g/mol. The minimum Gasteiger partial charge on any atom is -0.492 e. The third kappa shape index (κ3) is 5.91. The quantitative estimate of drug-likeness (QED) is 0.477. The monoisotopic (exact) mass is 468 g/mol. The number of hydrogen-bond donors (Lipinski definition) is 0. The standard InChI is InChI=1S/C28H37ClN2O2/c1-20-17-25(33-16-15-30(2)3)11-12-26(20)21-9-10-22(27(29)19-21)18-23-13-14-31(28(23)32)24-7-5-4-6-8-24/h9-12,17,19,23-24H,4-8,13-16,18H2,1-3H3. The van der Waals surface area contributed by atoms with Gasteiger partial charge >= 0.3 is 0 Å². The number of hydrogen-bond acceptors (Lipinski definition) is 3. The number of likely N-dealkylation sites (tertiary alicyclic amines) is 1. The van der Waals surface area contributed by atoms with Crippen LogP contribution >= 0.6 is 11.6 Å². The molecule has 0 aromatic heterocycles. The third-order valence-corrected chi connectivity index (χ3v) is 7.55. The van der Waals surface area contributed by atoms with Crippen molar-refractivity contribution in [1.29, 1.82) is 0 Å². The molecule has 1 amide bonds. The highest BCUT2D eigenvalue weighted by Crippen LogP contribution is 2.34. The number of nitrogens with zero attached hydrogens (tertiary/aromatic N) is 2. The summed E-state index contributed by atoms with van der Waals surface area (Å²) >= 11 is 6.72. The van der Waals surface area contributed by atoms with E-state index in [2.05, 4.69) is 41.0 Å². The second-order valence-corrected chi connectivity index (χ2v) is 10.4. The van der Waals surface area contributed by atoms with Crippen molar-refractivity contribution >= 4 is 17.5 Å². The molecule has 0 N–H and O–H groups in total. The van der Waals surface area contributed by atoms with Gasteiger partial charge in [0, 0.05) is 30.1 Å². The maximum absolute atomic E-state index is 13.1. The van der Waals surface area contributed by atoms with E-state index >= 15 is 0 Å². The van der Waals surface area contributed by atoms with E-state index in [4.69, 9.17) is 16.3 Å². The van der Waals surface area contributed by atoms with Crippen LogP contribution in [0.1, 0.15) is 49.7 Å². The number of rotatable bonds is 8. The molecule has 2 fully saturated rings. The lowest BCUT2D eigenvalue weighted by molar-refractivity contribution is -0.133. The van der Waals surface area contributed by atoms with Crippen molar-refractivity contribution in [3.05, 3.63) is 52.5 Å². The number of halogens is 1. The van der Waals surface area contributed by atoms with E-state index in [1.807, 2.05) is 26.2 Å². The molecule has 178 valence electrons. The van der Waals surface area contributed by atoms with E-state index in [1.54, 1.807) is 0 Å². The minimum absolute atomic E-state index is 0.0654. The van der Waals surface area contributed by atoms with Gasteiger partial charge in [-0.25, -0.2) is 0 Å². The Bertz CT molecular complexity index is 968. The third-order valence-electron chi connectivity index (χ3n) is 7.20. The van der Waals surface area contributed by atoms with E-state index < -0.39 is 0 Å². The van der Waals surface area contributed by atoms with Crippen LogP contribution < -0.4 is 4.74 Å². The molecule has 2 aromatic rings. The molecule has 1 unspecified atom stereocenters. The Labute approximate surface area is 203 Å². The summed E-state index contributed by atoms with van der Waals surface area (Å²) in [6.45, 7) is 4.57. The molecule has 1 saturated carbocycles. The second-order valence-electron chi connectivity index (χ2n) is 9.95. The summed E-state index contributed by atoms with van der Waals surface area (Å²) < 4.78 is 5.86. The van der Waals surface area contributed by atoms with Gasteiger partial charge in [0.25, 0.3) is 0 Å². The zero-order valence-corrected chi connectivity index (χ0v) is 21.0. The minimum atomic E-state index is 0.0654. The van der Waals surface area contributed by atoms with Crippen molar-refractivity contribution in [2.45, 2.75) is 57.9 Å². The summed E-state index contributed by atoms with van der Waals surface area (Å²) in [5.74, 6) is 1.29. The maximum Gasteiger partial charge on any atom is 0.226 e. The maximum atomic E-state index is 13.1. The summed E-state index contributed by atoms with van der Waals surface area (Å²) in [7, 11) is 4.08. The van der Waals surface area contributed by atoms with Crippen molar-refractivity contribution in [1.82, 2.24) is 9.80 Å². The van der Waals surface area contributed by atoms with E-state index in [0.29, 0.717) is 18.6 Å². The van der Waals surface area contributed by atoms with Gasteiger partial charge in [0.15, 0.2) is 0 Å². The Balaban J connectivity index is 1.40. The Morgan fingerprint density at radius 1 is 1.06 bits per heavy atom. The van der Waals surface area contributed by atoms with Crippen LogP contribution in [0.5, 0.6) is 5.75 Å². The first kappa shape index (κ1) is 24.1. The Morgan fingerprint density at radius 2 is 1.85 bits per heavy atom. The Kier molecular flexibility index (Phi) is 7.98. The molecule has 1 aliphatic carbocycles. The van der Waals surface area contributed by atoms with Crippen molar-refractivity contribution in [3.63, 3.8) is 0 Å². The Hall–Kier alpha value is -2.04. The fourth-order valence-electron chi connectivity index (χ4n) is 5.25. The van der Waals surface area contributed by atoms with E-state index in [9.17, 15) is 4.79 Å². The van der Waals surface area contributed by atoms with Crippen LogP contribution in [0.2, 0.25) is 5.02 Å². The van der Waals surface area contributed by atoms with Crippen LogP contribution in [-0.4, -0.2) is 55.5 Å². The first-order chi connectivity index (χ1) is 15.9.